The quantitative estimate of drug-likeness (QED) is 0.320. The van der Waals surface area contributed by atoms with Crippen LogP contribution in [0.5, 0.6) is 11.5 Å². The average molecular weight is 474 g/mol. The van der Waals surface area contributed by atoms with E-state index in [1.165, 1.54) is 0 Å². The molecular weight excluding hydrogens is 450 g/mol. The molecular formula is C26H24ClN5O2. The SMILES string of the molecule is COc1ccc(CCN(C)c2nc3ccccc3c3nnc(-c4ccc(Cl)cc4)n23)cc1OC. The molecule has 0 N–H and O–H groups in total. The van der Waals surface area contributed by atoms with Crippen LogP contribution in [0.25, 0.3) is 27.9 Å². The maximum absolute atomic E-state index is 6.11. The molecule has 0 saturated heterocycles. The molecule has 0 radical (unpaired) electrons. The summed E-state index contributed by atoms with van der Waals surface area (Å²) in [6.45, 7) is 0.730. The van der Waals surface area contributed by atoms with Gasteiger partial charge in [0.1, 0.15) is 0 Å². The summed E-state index contributed by atoms with van der Waals surface area (Å²) in [4.78, 5) is 7.11. The van der Waals surface area contributed by atoms with Crippen molar-refractivity contribution < 1.29 is 9.47 Å². The van der Waals surface area contributed by atoms with Gasteiger partial charge in [0.05, 0.1) is 19.7 Å². The standard InChI is InChI=1S/C26H24ClN5O2/c1-31(15-14-17-8-13-22(33-2)23(16-17)34-3)26-28-21-7-5-4-6-20(21)25-30-29-24(32(25)26)18-9-11-19(27)12-10-18/h4-13,16H,14-15H2,1-3H3. The van der Waals surface area contributed by atoms with Crippen molar-refractivity contribution in [1.82, 2.24) is 19.6 Å². The molecule has 172 valence electrons. The van der Waals surface area contributed by atoms with Gasteiger partial charge in [-0.3, -0.25) is 0 Å². The van der Waals surface area contributed by atoms with Crippen molar-refractivity contribution in [3.63, 3.8) is 0 Å². The Kier molecular flexibility index (Phi) is 5.94. The first kappa shape index (κ1) is 22.0. The van der Waals surface area contributed by atoms with Crippen LogP contribution in [0.1, 0.15) is 5.56 Å². The lowest BCUT2D eigenvalue weighted by Gasteiger charge is -2.21. The first-order chi connectivity index (χ1) is 16.6. The zero-order chi connectivity index (χ0) is 23.7. The molecule has 5 rings (SSSR count). The second-order valence-electron chi connectivity index (χ2n) is 7.98. The summed E-state index contributed by atoms with van der Waals surface area (Å²) in [5.41, 5.74) is 3.70. The molecule has 0 aliphatic rings. The van der Waals surface area contributed by atoms with E-state index >= 15 is 0 Å². The molecule has 0 bridgehead atoms. The van der Waals surface area contributed by atoms with E-state index in [1.54, 1.807) is 14.2 Å². The zero-order valence-corrected chi connectivity index (χ0v) is 20.0. The average Bonchev–Trinajstić information content (AvgIpc) is 3.32. The van der Waals surface area contributed by atoms with E-state index in [-0.39, 0.29) is 0 Å². The van der Waals surface area contributed by atoms with Gasteiger partial charge in [-0.15, -0.1) is 10.2 Å². The molecule has 3 aromatic carbocycles. The first-order valence-electron chi connectivity index (χ1n) is 10.9. The van der Waals surface area contributed by atoms with Gasteiger partial charge in [-0.2, -0.15) is 0 Å². The fraction of sp³-hybridized carbons (Fsp3) is 0.192. The molecule has 0 atom stereocenters. The number of rotatable bonds is 7. The molecule has 0 aliphatic heterocycles. The molecule has 2 aromatic heterocycles. The van der Waals surface area contributed by atoms with Gasteiger partial charge in [0.15, 0.2) is 23.0 Å². The van der Waals surface area contributed by atoms with Crippen LogP contribution in [0, 0.1) is 0 Å². The van der Waals surface area contributed by atoms with E-state index in [0.29, 0.717) is 5.02 Å². The van der Waals surface area contributed by atoms with Crippen molar-refractivity contribution in [3.05, 3.63) is 77.3 Å². The van der Waals surface area contributed by atoms with Gasteiger partial charge in [0.2, 0.25) is 5.95 Å². The number of ether oxygens (including phenoxy) is 2. The van der Waals surface area contributed by atoms with Gasteiger partial charge in [0, 0.05) is 29.6 Å². The van der Waals surface area contributed by atoms with Gasteiger partial charge in [-0.25, -0.2) is 9.38 Å². The van der Waals surface area contributed by atoms with Crippen LogP contribution in [0.15, 0.2) is 66.7 Å². The topological polar surface area (TPSA) is 64.8 Å². The number of benzene rings is 3. The zero-order valence-electron chi connectivity index (χ0n) is 19.2. The Morgan fingerprint density at radius 1 is 0.912 bits per heavy atom. The minimum absolute atomic E-state index is 0.674. The monoisotopic (exact) mass is 473 g/mol. The van der Waals surface area contributed by atoms with Crippen LogP contribution in [0.3, 0.4) is 0 Å². The van der Waals surface area contributed by atoms with Crippen molar-refractivity contribution in [2.45, 2.75) is 6.42 Å². The Labute approximate surface area is 202 Å². The van der Waals surface area contributed by atoms with Crippen LogP contribution < -0.4 is 14.4 Å². The highest BCUT2D eigenvalue weighted by Crippen LogP contribution is 2.30. The normalized spacial score (nSPS) is 11.2. The number of hydrogen-bond acceptors (Lipinski definition) is 6. The van der Waals surface area contributed by atoms with E-state index in [9.17, 15) is 0 Å². The second kappa shape index (κ2) is 9.19. The third-order valence-corrected chi connectivity index (χ3v) is 6.11. The second-order valence-corrected chi connectivity index (χ2v) is 8.42. The number of fused-ring (bicyclic) bond motifs is 3. The summed E-state index contributed by atoms with van der Waals surface area (Å²) in [5.74, 6) is 2.93. The van der Waals surface area contributed by atoms with E-state index in [2.05, 4.69) is 21.2 Å². The largest absolute Gasteiger partial charge is 0.493 e. The maximum atomic E-state index is 6.11. The van der Waals surface area contributed by atoms with Crippen LogP contribution >= 0.6 is 11.6 Å². The van der Waals surface area contributed by atoms with Crippen molar-refractivity contribution in [2.24, 2.45) is 0 Å². The van der Waals surface area contributed by atoms with Gasteiger partial charge in [-0.05, 0) is 60.5 Å². The van der Waals surface area contributed by atoms with E-state index in [0.717, 1.165) is 63.9 Å². The number of methoxy groups -OCH3 is 2. The molecule has 0 unspecified atom stereocenters. The predicted octanol–water partition coefficient (Wildman–Crippen LogP) is 5.29. The van der Waals surface area contributed by atoms with Gasteiger partial charge in [0.25, 0.3) is 0 Å². The smallest absolute Gasteiger partial charge is 0.213 e. The highest BCUT2D eigenvalue weighted by molar-refractivity contribution is 6.30. The van der Waals surface area contributed by atoms with Crippen LogP contribution in [-0.4, -0.2) is 47.4 Å². The van der Waals surface area contributed by atoms with Crippen molar-refractivity contribution in [2.75, 3.05) is 32.7 Å². The molecule has 0 fully saturated rings. The molecule has 0 saturated carbocycles. The minimum Gasteiger partial charge on any atom is -0.493 e. The van der Waals surface area contributed by atoms with Crippen LogP contribution in [-0.2, 0) is 6.42 Å². The summed E-state index contributed by atoms with van der Waals surface area (Å²) in [6, 6.07) is 21.6. The highest BCUT2D eigenvalue weighted by Gasteiger charge is 2.19. The summed E-state index contributed by atoms with van der Waals surface area (Å²) < 4.78 is 12.8. The third kappa shape index (κ3) is 3.99. The van der Waals surface area contributed by atoms with E-state index < -0.39 is 0 Å². The first-order valence-corrected chi connectivity index (χ1v) is 11.3. The molecule has 8 heteroatoms. The molecule has 34 heavy (non-hydrogen) atoms. The molecule has 2 heterocycles. The Morgan fingerprint density at radius 2 is 1.68 bits per heavy atom. The Morgan fingerprint density at radius 3 is 2.44 bits per heavy atom. The van der Waals surface area contributed by atoms with Crippen molar-refractivity contribution in [1.29, 1.82) is 0 Å². The third-order valence-electron chi connectivity index (χ3n) is 5.86. The minimum atomic E-state index is 0.674. The van der Waals surface area contributed by atoms with Crippen LogP contribution in [0.2, 0.25) is 5.02 Å². The number of para-hydroxylation sites is 1. The molecule has 7 nitrogen and oxygen atoms in total. The van der Waals surface area contributed by atoms with Gasteiger partial charge in [-0.1, -0.05) is 29.8 Å². The fourth-order valence-electron chi connectivity index (χ4n) is 4.04. The number of anilines is 1. The van der Waals surface area contributed by atoms with Gasteiger partial charge >= 0.3 is 0 Å². The summed E-state index contributed by atoms with van der Waals surface area (Å²) in [6.07, 6.45) is 0.797. The lowest BCUT2D eigenvalue weighted by molar-refractivity contribution is 0.354. The summed E-state index contributed by atoms with van der Waals surface area (Å²) >= 11 is 6.11. The van der Waals surface area contributed by atoms with Crippen LogP contribution in [0.4, 0.5) is 5.95 Å². The molecule has 0 spiro atoms. The Balaban J connectivity index is 1.56. The fourth-order valence-corrected chi connectivity index (χ4v) is 4.17. The predicted molar refractivity (Wildman–Crippen MR) is 135 cm³/mol. The van der Waals surface area contributed by atoms with Crippen molar-refractivity contribution in [3.8, 4) is 22.9 Å². The molecule has 0 aliphatic carbocycles. The number of hydrogen-bond donors (Lipinski definition) is 0. The maximum Gasteiger partial charge on any atom is 0.213 e. The number of aromatic nitrogens is 4. The number of likely N-dealkylation sites (N-methyl/N-ethyl adjacent to an activating group) is 1. The van der Waals surface area contributed by atoms with Crippen molar-refractivity contribution >= 4 is 34.1 Å². The Bertz CT molecular complexity index is 1470. The summed E-state index contributed by atoms with van der Waals surface area (Å²) in [7, 11) is 5.32. The molecule has 5 aromatic rings. The number of halogens is 1. The lowest BCUT2D eigenvalue weighted by atomic mass is 10.1. The number of nitrogens with zero attached hydrogens (tertiary/aromatic N) is 5. The van der Waals surface area contributed by atoms with E-state index in [4.69, 9.17) is 26.1 Å². The highest BCUT2D eigenvalue weighted by atomic mass is 35.5. The summed E-state index contributed by atoms with van der Waals surface area (Å²) in [5, 5.41) is 10.7. The van der Waals surface area contributed by atoms with E-state index in [1.807, 2.05) is 72.1 Å². The molecule has 0 amide bonds. The lowest BCUT2D eigenvalue weighted by Crippen LogP contribution is -2.24. The Hall–Kier alpha value is -3.84. The van der Waals surface area contributed by atoms with Gasteiger partial charge < -0.3 is 14.4 Å².